The van der Waals surface area contributed by atoms with Gasteiger partial charge in [0.05, 0.1) is 6.54 Å². The van der Waals surface area contributed by atoms with Crippen molar-refractivity contribution in [1.29, 1.82) is 0 Å². The molecule has 0 saturated heterocycles. The van der Waals surface area contributed by atoms with Gasteiger partial charge in [0, 0.05) is 30.2 Å². The molecule has 0 aromatic heterocycles. The number of para-hydroxylation sites is 1. The molecule has 0 radical (unpaired) electrons. The van der Waals surface area contributed by atoms with E-state index in [2.05, 4.69) is 23.6 Å². The molecule has 0 spiro atoms. The normalized spacial score (nSPS) is 15.5. The molecule has 1 aliphatic heterocycles. The summed E-state index contributed by atoms with van der Waals surface area (Å²) in [5.41, 5.74) is 3.63. The molecular weight excluding hydrogens is 330 g/mol. The molecule has 136 valence electrons. The maximum absolute atomic E-state index is 12.7. The Morgan fingerprint density at radius 2 is 1.92 bits per heavy atom. The highest BCUT2D eigenvalue weighted by Gasteiger charge is 2.30. The minimum atomic E-state index is -0.219. The average Bonchev–Trinajstić information content (AvgIpc) is 2.96. The summed E-state index contributed by atoms with van der Waals surface area (Å²) in [5, 5.41) is 5.89. The van der Waals surface area contributed by atoms with Gasteiger partial charge in [0.25, 0.3) is 0 Å². The molecule has 2 aromatic carbocycles. The van der Waals surface area contributed by atoms with Gasteiger partial charge in [-0.2, -0.15) is 0 Å². The van der Waals surface area contributed by atoms with E-state index in [0.717, 1.165) is 17.8 Å². The zero-order chi connectivity index (χ0) is 18.5. The highest BCUT2D eigenvalue weighted by molar-refractivity contribution is 5.98. The summed E-state index contributed by atoms with van der Waals surface area (Å²) in [6, 6.07) is 15.4. The fraction of sp³-hybridized carbons (Fsp3) is 0.300. The first kappa shape index (κ1) is 17.9. The van der Waals surface area contributed by atoms with E-state index >= 15 is 0 Å². The Balaban J connectivity index is 1.62. The minimum absolute atomic E-state index is 0.00238. The molecule has 0 saturated carbocycles. The predicted molar refractivity (Wildman–Crippen MR) is 103 cm³/mol. The lowest BCUT2D eigenvalue weighted by molar-refractivity contribution is -0.119. The smallest absolute Gasteiger partial charge is 0.250 e. The van der Waals surface area contributed by atoms with Crippen molar-refractivity contribution < 1.29 is 14.3 Å². The Kier molecular flexibility index (Phi) is 5.53. The highest BCUT2D eigenvalue weighted by Crippen LogP contribution is 2.31. The molecule has 6 heteroatoms. The van der Waals surface area contributed by atoms with Crippen molar-refractivity contribution in [2.24, 2.45) is 0 Å². The summed E-state index contributed by atoms with van der Waals surface area (Å²) in [6.45, 7) is 2.25. The molecule has 0 aliphatic carbocycles. The number of rotatable bonds is 6. The van der Waals surface area contributed by atoms with Gasteiger partial charge in [0.1, 0.15) is 6.61 Å². The molecule has 2 amide bonds. The first-order valence-corrected chi connectivity index (χ1v) is 8.61. The van der Waals surface area contributed by atoms with Crippen LogP contribution < -0.4 is 15.5 Å². The van der Waals surface area contributed by atoms with Crippen LogP contribution in [0.25, 0.3) is 0 Å². The fourth-order valence-corrected chi connectivity index (χ4v) is 3.24. The third-order valence-electron chi connectivity index (χ3n) is 4.34. The van der Waals surface area contributed by atoms with Gasteiger partial charge < -0.3 is 20.3 Å². The summed E-state index contributed by atoms with van der Waals surface area (Å²) >= 11 is 0. The first-order valence-electron chi connectivity index (χ1n) is 8.61. The Labute approximate surface area is 153 Å². The lowest BCUT2D eigenvalue weighted by Crippen LogP contribution is -2.39. The van der Waals surface area contributed by atoms with E-state index in [1.807, 2.05) is 35.2 Å². The molecule has 1 heterocycles. The van der Waals surface area contributed by atoms with Crippen LogP contribution in [0, 0.1) is 0 Å². The van der Waals surface area contributed by atoms with E-state index in [1.54, 1.807) is 12.1 Å². The Bertz CT molecular complexity index is 806. The Morgan fingerprint density at radius 1 is 1.15 bits per heavy atom. The number of fused-ring (bicyclic) bond motifs is 1. The molecule has 6 nitrogen and oxygen atoms in total. The number of carbonyl (C=O) groups is 2. The number of nitrogens with zero attached hydrogens (tertiary/aromatic N) is 1. The number of anilines is 3. The molecule has 1 atom stereocenters. The predicted octanol–water partition coefficient (Wildman–Crippen LogP) is 2.66. The zero-order valence-electron chi connectivity index (χ0n) is 15.0. The van der Waals surface area contributed by atoms with Crippen LogP contribution in [0.2, 0.25) is 0 Å². The summed E-state index contributed by atoms with van der Waals surface area (Å²) < 4.78 is 4.80. The molecule has 0 fully saturated rings. The number of amides is 2. The Hall–Kier alpha value is -2.86. The van der Waals surface area contributed by atoms with Gasteiger partial charge in [-0.05, 0) is 43.2 Å². The molecule has 26 heavy (non-hydrogen) atoms. The summed E-state index contributed by atoms with van der Waals surface area (Å²) in [6.07, 6.45) is 0.878. The standard InChI is InChI=1S/C20H23N3O3/c1-14-10-15-6-3-4-9-18(15)23(14)20(25)12-21-16-7-5-8-17(11-16)22-19(24)13-26-2/h3-9,11,14,21H,10,12-13H2,1-2H3,(H,22,24)/t14-/m1/s1. The van der Waals surface area contributed by atoms with Gasteiger partial charge in [-0.1, -0.05) is 24.3 Å². The second kappa shape index (κ2) is 8.01. The quantitative estimate of drug-likeness (QED) is 0.838. The maximum atomic E-state index is 12.7. The summed E-state index contributed by atoms with van der Waals surface area (Å²) in [5.74, 6) is -0.195. The minimum Gasteiger partial charge on any atom is -0.376 e. The van der Waals surface area contributed by atoms with Gasteiger partial charge in [-0.25, -0.2) is 0 Å². The SMILES string of the molecule is COCC(=O)Nc1cccc(NCC(=O)N2c3ccccc3C[C@H]2C)c1. The second-order valence-corrected chi connectivity index (χ2v) is 6.36. The van der Waals surface area contributed by atoms with E-state index in [4.69, 9.17) is 4.74 Å². The second-order valence-electron chi connectivity index (χ2n) is 6.36. The lowest BCUT2D eigenvalue weighted by Gasteiger charge is -2.23. The van der Waals surface area contributed by atoms with Gasteiger partial charge in [0.2, 0.25) is 11.8 Å². The summed E-state index contributed by atoms with van der Waals surface area (Å²) in [4.78, 5) is 26.2. The van der Waals surface area contributed by atoms with E-state index in [0.29, 0.717) is 5.69 Å². The maximum Gasteiger partial charge on any atom is 0.250 e. The van der Waals surface area contributed by atoms with Gasteiger partial charge >= 0.3 is 0 Å². The number of ether oxygens (including phenoxy) is 1. The number of hydrogen-bond acceptors (Lipinski definition) is 4. The number of carbonyl (C=O) groups excluding carboxylic acids is 2. The van der Waals surface area contributed by atoms with E-state index in [-0.39, 0.29) is 31.0 Å². The van der Waals surface area contributed by atoms with Crippen LogP contribution >= 0.6 is 0 Å². The zero-order valence-corrected chi connectivity index (χ0v) is 15.0. The van der Waals surface area contributed by atoms with E-state index in [9.17, 15) is 9.59 Å². The Morgan fingerprint density at radius 3 is 2.73 bits per heavy atom. The molecule has 3 rings (SSSR count). The van der Waals surface area contributed by atoms with Crippen molar-refractivity contribution in [3.63, 3.8) is 0 Å². The number of benzene rings is 2. The van der Waals surface area contributed by atoms with Crippen molar-refractivity contribution >= 4 is 28.9 Å². The van der Waals surface area contributed by atoms with Crippen molar-refractivity contribution in [2.75, 3.05) is 35.8 Å². The van der Waals surface area contributed by atoms with E-state index < -0.39 is 0 Å². The molecule has 0 unspecified atom stereocenters. The van der Waals surface area contributed by atoms with Crippen LogP contribution in [0.15, 0.2) is 48.5 Å². The average molecular weight is 353 g/mol. The van der Waals surface area contributed by atoms with Crippen LogP contribution in [-0.2, 0) is 20.7 Å². The van der Waals surface area contributed by atoms with Crippen LogP contribution in [0.4, 0.5) is 17.1 Å². The van der Waals surface area contributed by atoms with Gasteiger partial charge in [-0.15, -0.1) is 0 Å². The largest absolute Gasteiger partial charge is 0.376 e. The number of nitrogens with one attached hydrogen (secondary N) is 2. The van der Waals surface area contributed by atoms with Crippen molar-refractivity contribution in [3.05, 3.63) is 54.1 Å². The van der Waals surface area contributed by atoms with Crippen molar-refractivity contribution in [3.8, 4) is 0 Å². The van der Waals surface area contributed by atoms with Crippen LogP contribution in [0.5, 0.6) is 0 Å². The molecular formula is C20H23N3O3. The highest BCUT2D eigenvalue weighted by atomic mass is 16.5. The molecule has 2 N–H and O–H groups in total. The third-order valence-corrected chi connectivity index (χ3v) is 4.34. The monoisotopic (exact) mass is 353 g/mol. The molecule has 2 aromatic rings. The number of hydrogen-bond donors (Lipinski definition) is 2. The molecule has 0 bridgehead atoms. The van der Waals surface area contributed by atoms with Gasteiger partial charge in [-0.3, -0.25) is 9.59 Å². The molecule has 1 aliphatic rings. The van der Waals surface area contributed by atoms with Crippen LogP contribution in [0.3, 0.4) is 0 Å². The lowest BCUT2D eigenvalue weighted by atomic mass is 10.1. The van der Waals surface area contributed by atoms with E-state index in [1.165, 1.54) is 12.7 Å². The van der Waals surface area contributed by atoms with Crippen molar-refractivity contribution in [1.82, 2.24) is 0 Å². The van der Waals surface area contributed by atoms with Gasteiger partial charge in [0.15, 0.2) is 0 Å². The summed E-state index contributed by atoms with van der Waals surface area (Å²) in [7, 11) is 1.47. The van der Waals surface area contributed by atoms with Crippen LogP contribution in [-0.4, -0.2) is 38.1 Å². The third kappa shape index (κ3) is 4.03. The first-order chi connectivity index (χ1) is 12.6. The van der Waals surface area contributed by atoms with Crippen molar-refractivity contribution in [2.45, 2.75) is 19.4 Å². The topological polar surface area (TPSA) is 70.7 Å². The fourth-order valence-electron chi connectivity index (χ4n) is 3.24. The van der Waals surface area contributed by atoms with Crippen LogP contribution in [0.1, 0.15) is 12.5 Å². The number of methoxy groups -OCH3 is 1.